The maximum atomic E-state index is 14.5. The van der Waals surface area contributed by atoms with E-state index in [1.54, 1.807) is 7.11 Å². The van der Waals surface area contributed by atoms with E-state index in [-0.39, 0.29) is 33.6 Å². The van der Waals surface area contributed by atoms with Crippen LogP contribution in [0.4, 0.5) is 11.4 Å². The summed E-state index contributed by atoms with van der Waals surface area (Å²) < 4.78 is 6.06. The quantitative estimate of drug-likeness (QED) is 0.427. The molecule has 0 aliphatic carbocycles. The van der Waals surface area contributed by atoms with Crippen molar-refractivity contribution in [2.24, 2.45) is 0 Å². The van der Waals surface area contributed by atoms with Gasteiger partial charge in [-0.05, 0) is 88.9 Å². The number of benzene rings is 2. The average Bonchev–Trinajstić information content (AvgIpc) is 3.31. The van der Waals surface area contributed by atoms with Crippen molar-refractivity contribution in [2.75, 3.05) is 18.6 Å². The predicted molar refractivity (Wildman–Crippen MR) is 167 cm³/mol. The lowest BCUT2D eigenvalue weighted by molar-refractivity contribution is -0.119. The van der Waals surface area contributed by atoms with Crippen LogP contribution in [0.2, 0.25) is 0 Å². The van der Waals surface area contributed by atoms with E-state index < -0.39 is 0 Å². The fraction of sp³-hybridized carbons (Fsp3) is 0.629. The Morgan fingerprint density at radius 2 is 1.13 bits per heavy atom. The molecule has 2 aromatic carbocycles. The molecule has 1 heterocycles. The third kappa shape index (κ3) is 6.53. The number of nitrogens with one attached hydrogen (secondary N) is 1. The predicted octanol–water partition coefficient (Wildman–Crippen LogP) is 8.61. The number of amides is 1. The molecule has 0 aromatic heterocycles. The highest BCUT2D eigenvalue weighted by Gasteiger charge is 2.35. The van der Waals surface area contributed by atoms with Gasteiger partial charge in [0.05, 0.1) is 13.2 Å². The third-order valence-electron chi connectivity index (χ3n) is 8.00. The van der Waals surface area contributed by atoms with Crippen LogP contribution in [-0.4, -0.2) is 25.6 Å². The molecule has 0 radical (unpaired) electrons. The number of methoxy groups -OCH3 is 1. The van der Waals surface area contributed by atoms with Crippen molar-refractivity contribution in [1.29, 1.82) is 0 Å². The highest BCUT2D eigenvalue weighted by Crippen LogP contribution is 2.45. The maximum Gasteiger partial charge on any atom is 0.248 e. The second-order valence-electron chi connectivity index (χ2n) is 15.6. The number of carbonyl (C=O) groups is 1. The van der Waals surface area contributed by atoms with E-state index >= 15 is 0 Å². The zero-order valence-electron chi connectivity index (χ0n) is 27.3. The minimum Gasteiger partial charge on any atom is -0.496 e. The van der Waals surface area contributed by atoms with E-state index in [1.165, 1.54) is 16.7 Å². The van der Waals surface area contributed by atoms with Crippen molar-refractivity contribution < 1.29 is 9.53 Å². The van der Waals surface area contributed by atoms with Crippen LogP contribution in [0.1, 0.15) is 124 Å². The van der Waals surface area contributed by atoms with Gasteiger partial charge in [0.1, 0.15) is 5.75 Å². The molecular formula is C35H54N2O2. The molecular weight excluding hydrogens is 480 g/mol. The van der Waals surface area contributed by atoms with Crippen LogP contribution in [0.15, 0.2) is 24.3 Å². The Balaban J connectivity index is 2.46. The molecule has 1 aliphatic rings. The van der Waals surface area contributed by atoms with Gasteiger partial charge in [0.25, 0.3) is 0 Å². The van der Waals surface area contributed by atoms with Gasteiger partial charge < -0.3 is 10.1 Å². The summed E-state index contributed by atoms with van der Waals surface area (Å²) in [6.45, 7) is 30.0. The largest absolute Gasteiger partial charge is 0.496 e. The summed E-state index contributed by atoms with van der Waals surface area (Å²) in [4.78, 5) is 16.5. The number of rotatable bonds is 4. The first kappa shape index (κ1) is 31.2. The van der Waals surface area contributed by atoms with Gasteiger partial charge in [-0.3, -0.25) is 9.69 Å². The topological polar surface area (TPSA) is 41.6 Å². The summed E-state index contributed by atoms with van der Waals surface area (Å²) in [6, 6.07) is 8.70. The van der Waals surface area contributed by atoms with Gasteiger partial charge in [-0.1, -0.05) is 83.1 Å². The highest BCUT2D eigenvalue weighted by atomic mass is 16.5. The molecule has 1 amide bonds. The molecule has 4 heteroatoms. The highest BCUT2D eigenvalue weighted by molar-refractivity contribution is 6.04. The summed E-state index contributed by atoms with van der Waals surface area (Å²) in [5.74, 6) is 1.03. The SMILES string of the molecule is COc1c(C(C)(C)C)cc(N(C(=O)[C@H]2CCCN2)c2cc(C(C)(C)C)c(C)c(C(C)(C)C)c2)cc1C(C)(C)C. The minimum atomic E-state index is -0.194. The monoisotopic (exact) mass is 534 g/mol. The van der Waals surface area contributed by atoms with Gasteiger partial charge in [-0.15, -0.1) is 0 Å². The molecule has 1 saturated heterocycles. The Hall–Kier alpha value is -2.33. The maximum absolute atomic E-state index is 14.5. The van der Waals surface area contributed by atoms with Crippen molar-refractivity contribution >= 4 is 17.3 Å². The first-order valence-electron chi connectivity index (χ1n) is 14.6. The molecule has 0 bridgehead atoms. The van der Waals surface area contributed by atoms with Gasteiger partial charge >= 0.3 is 0 Å². The number of ether oxygens (including phenoxy) is 1. The number of carbonyl (C=O) groups excluding carboxylic acids is 1. The van der Waals surface area contributed by atoms with Crippen molar-refractivity contribution in [3.8, 4) is 5.75 Å². The fourth-order valence-electron chi connectivity index (χ4n) is 5.92. The van der Waals surface area contributed by atoms with E-state index in [9.17, 15) is 4.79 Å². The minimum absolute atomic E-state index is 0.0620. The van der Waals surface area contributed by atoms with Gasteiger partial charge in [-0.2, -0.15) is 0 Å². The van der Waals surface area contributed by atoms with E-state index in [0.29, 0.717) is 0 Å². The Morgan fingerprint density at radius 1 is 0.744 bits per heavy atom. The van der Waals surface area contributed by atoms with Crippen molar-refractivity contribution in [1.82, 2.24) is 5.32 Å². The van der Waals surface area contributed by atoms with Crippen LogP contribution in [0.25, 0.3) is 0 Å². The van der Waals surface area contributed by atoms with Gasteiger partial charge in [0.2, 0.25) is 5.91 Å². The molecule has 1 aliphatic heterocycles. The lowest BCUT2D eigenvalue weighted by atomic mass is 9.76. The average molecular weight is 535 g/mol. The van der Waals surface area contributed by atoms with Crippen LogP contribution in [0, 0.1) is 6.92 Å². The van der Waals surface area contributed by atoms with E-state index in [1.807, 2.05) is 4.90 Å². The van der Waals surface area contributed by atoms with Gasteiger partial charge in [-0.25, -0.2) is 0 Å². The summed E-state index contributed by atoms with van der Waals surface area (Å²) >= 11 is 0. The molecule has 1 fully saturated rings. The normalized spacial score (nSPS) is 16.9. The second kappa shape index (κ2) is 10.6. The van der Waals surface area contributed by atoms with E-state index in [4.69, 9.17) is 4.74 Å². The molecule has 0 unspecified atom stereocenters. The van der Waals surface area contributed by atoms with E-state index in [2.05, 4.69) is 120 Å². The van der Waals surface area contributed by atoms with Crippen LogP contribution in [0.3, 0.4) is 0 Å². The zero-order chi connectivity index (χ0) is 29.7. The molecule has 0 spiro atoms. The third-order valence-corrected chi connectivity index (χ3v) is 8.00. The second-order valence-corrected chi connectivity index (χ2v) is 15.6. The Bertz CT molecular complexity index is 1140. The lowest BCUT2D eigenvalue weighted by Crippen LogP contribution is -2.42. The van der Waals surface area contributed by atoms with E-state index in [0.717, 1.165) is 47.6 Å². The van der Waals surface area contributed by atoms with Crippen molar-refractivity contribution in [3.63, 3.8) is 0 Å². The summed E-state index contributed by atoms with van der Waals surface area (Å²) in [5.41, 5.74) is 7.50. The zero-order valence-corrected chi connectivity index (χ0v) is 27.3. The summed E-state index contributed by atoms with van der Waals surface area (Å²) in [6.07, 6.45) is 1.87. The fourth-order valence-corrected chi connectivity index (χ4v) is 5.92. The lowest BCUT2D eigenvalue weighted by Gasteiger charge is -2.35. The van der Waals surface area contributed by atoms with Crippen LogP contribution in [-0.2, 0) is 26.5 Å². The molecule has 216 valence electrons. The number of nitrogens with zero attached hydrogens (tertiary/aromatic N) is 1. The van der Waals surface area contributed by atoms with Crippen molar-refractivity contribution in [3.05, 3.63) is 52.1 Å². The van der Waals surface area contributed by atoms with Gasteiger partial charge in [0, 0.05) is 22.5 Å². The molecule has 4 nitrogen and oxygen atoms in total. The molecule has 1 atom stereocenters. The standard InChI is InChI=1S/C35H54N2O2/c1-22-25(32(2,3)4)18-23(19-26(22)33(5,6)7)37(31(38)29-16-15-17-36-29)24-20-27(34(8,9)10)30(39-14)28(21-24)35(11,12)13/h18-21,29,36H,15-17H2,1-14H3/t29-/m1/s1. The molecule has 1 N–H and O–H groups in total. The number of hydrogen-bond acceptors (Lipinski definition) is 3. The van der Waals surface area contributed by atoms with Crippen LogP contribution >= 0.6 is 0 Å². The number of hydrogen-bond donors (Lipinski definition) is 1. The molecule has 3 rings (SSSR count). The first-order valence-corrected chi connectivity index (χ1v) is 14.6. The Morgan fingerprint density at radius 3 is 1.44 bits per heavy atom. The Kier molecular flexibility index (Phi) is 8.46. The van der Waals surface area contributed by atoms with Crippen LogP contribution in [0.5, 0.6) is 5.75 Å². The van der Waals surface area contributed by atoms with Crippen molar-refractivity contribution in [2.45, 2.75) is 131 Å². The summed E-state index contributed by atoms with van der Waals surface area (Å²) in [7, 11) is 1.76. The molecule has 39 heavy (non-hydrogen) atoms. The molecule has 2 aromatic rings. The first-order chi connectivity index (χ1) is 17.7. The Labute approximate surface area is 238 Å². The number of anilines is 2. The van der Waals surface area contributed by atoms with Crippen LogP contribution < -0.4 is 15.0 Å². The van der Waals surface area contributed by atoms with Gasteiger partial charge in [0.15, 0.2) is 0 Å². The molecule has 0 saturated carbocycles. The summed E-state index contributed by atoms with van der Waals surface area (Å²) in [5, 5.41) is 3.47. The smallest absolute Gasteiger partial charge is 0.248 e.